The van der Waals surface area contributed by atoms with Crippen molar-refractivity contribution in [3.63, 3.8) is 0 Å². The van der Waals surface area contributed by atoms with Gasteiger partial charge in [0, 0.05) is 38.8 Å². The molecule has 1 aliphatic carbocycles. The maximum atomic E-state index is 5.71. The number of aliphatic imine (C=N–C) groups is 1. The lowest BCUT2D eigenvalue weighted by Gasteiger charge is -2.34. The summed E-state index contributed by atoms with van der Waals surface area (Å²) >= 11 is 0. The SMILES string of the molecule is Cc1nnc(CN=C(NC2CCCCC2)NC2CCN(CCOC(C)C)CC2)n1C. The van der Waals surface area contributed by atoms with Crippen LogP contribution in [0, 0.1) is 6.92 Å². The van der Waals surface area contributed by atoms with E-state index in [9.17, 15) is 0 Å². The average molecular weight is 420 g/mol. The summed E-state index contributed by atoms with van der Waals surface area (Å²) in [5, 5.41) is 15.8. The van der Waals surface area contributed by atoms with Crippen molar-refractivity contribution in [2.75, 3.05) is 26.2 Å². The maximum absolute atomic E-state index is 5.71. The minimum atomic E-state index is 0.312. The maximum Gasteiger partial charge on any atom is 0.192 e. The lowest BCUT2D eigenvalue weighted by molar-refractivity contribution is 0.0532. The number of guanidine groups is 1. The summed E-state index contributed by atoms with van der Waals surface area (Å²) in [5.74, 6) is 2.75. The minimum absolute atomic E-state index is 0.312. The Kier molecular flexibility index (Phi) is 8.93. The van der Waals surface area contributed by atoms with Crippen LogP contribution in [0.3, 0.4) is 0 Å². The molecule has 1 aliphatic heterocycles. The van der Waals surface area contributed by atoms with Crippen LogP contribution in [0.25, 0.3) is 0 Å². The quantitative estimate of drug-likeness (QED) is 0.497. The number of ether oxygens (including phenoxy) is 1. The molecule has 0 atom stereocenters. The summed E-state index contributed by atoms with van der Waals surface area (Å²) in [7, 11) is 2.00. The first kappa shape index (κ1) is 23.0. The van der Waals surface area contributed by atoms with Crippen molar-refractivity contribution < 1.29 is 4.74 Å². The fraction of sp³-hybridized carbons (Fsp3) is 0.864. The molecule has 1 aromatic rings. The molecule has 2 heterocycles. The Balaban J connectivity index is 1.53. The topological polar surface area (TPSA) is 79.6 Å². The number of hydrogen-bond donors (Lipinski definition) is 2. The van der Waals surface area contributed by atoms with E-state index in [0.717, 1.165) is 56.7 Å². The lowest BCUT2D eigenvalue weighted by Crippen LogP contribution is -2.51. The van der Waals surface area contributed by atoms with Gasteiger partial charge in [0.05, 0.1) is 12.7 Å². The molecule has 8 heteroatoms. The third-order valence-electron chi connectivity index (χ3n) is 6.29. The Labute approximate surface area is 181 Å². The fourth-order valence-electron chi connectivity index (χ4n) is 4.22. The molecular formula is C22H41N7O. The molecule has 0 aromatic carbocycles. The Hall–Kier alpha value is -1.67. The van der Waals surface area contributed by atoms with Crippen LogP contribution in [-0.2, 0) is 18.3 Å². The van der Waals surface area contributed by atoms with E-state index < -0.39 is 0 Å². The van der Waals surface area contributed by atoms with Gasteiger partial charge >= 0.3 is 0 Å². The van der Waals surface area contributed by atoms with Gasteiger partial charge in [-0.3, -0.25) is 0 Å². The van der Waals surface area contributed by atoms with Gasteiger partial charge in [0.2, 0.25) is 0 Å². The Morgan fingerprint density at radius 1 is 1.07 bits per heavy atom. The zero-order valence-corrected chi connectivity index (χ0v) is 19.4. The summed E-state index contributed by atoms with van der Waals surface area (Å²) in [6.45, 7) is 10.8. The highest BCUT2D eigenvalue weighted by atomic mass is 16.5. The smallest absolute Gasteiger partial charge is 0.192 e. The number of aryl methyl sites for hydroxylation is 1. The summed E-state index contributed by atoms with van der Waals surface area (Å²) in [4.78, 5) is 7.39. The van der Waals surface area contributed by atoms with Crippen molar-refractivity contribution in [3.8, 4) is 0 Å². The Bertz CT molecular complexity index is 658. The van der Waals surface area contributed by atoms with Crippen LogP contribution in [0.15, 0.2) is 4.99 Å². The van der Waals surface area contributed by atoms with Gasteiger partial charge in [0.25, 0.3) is 0 Å². The summed E-state index contributed by atoms with van der Waals surface area (Å²) in [6.07, 6.45) is 9.03. The average Bonchev–Trinajstić information content (AvgIpc) is 3.06. The fourth-order valence-corrected chi connectivity index (χ4v) is 4.22. The summed E-state index contributed by atoms with van der Waals surface area (Å²) in [6, 6.07) is 0.989. The number of nitrogens with zero attached hydrogens (tertiary/aromatic N) is 5. The van der Waals surface area contributed by atoms with Crippen LogP contribution in [0.2, 0.25) is 0 Å². The second-order valence-corrected chi connectivity index (χ2v) is 9.05. The van der Waals surface area contributed by atoms with Gasteiger partial charge in [-0.2, -0.15) is 0 Å². The lowest BCUT2D eigenvalue weighted by atomic mass is 9.95. The highest BCUT2D eigenvalue weighted by Crippen LogP contribution is 2.17. The number of nitrogens with one attached hydrogen (secondary N) is 2. The molecule has 3 rings (SSSR count). The largest absolute Gasteiger partial charge is 0.377 e. The third-order valence-corrected chi connectivity index (χ3v) is 6.29. The van der Waals surface area contributed by atoms with E-state index in [2.05, 4.69) is 39.6 Å². The molecule has 0 unspecified atom stereocenters. The van der Waals surface area contributed by atoms with E-state index in [0.29, 0.717) is 24.7 Å². The molecule has 2 aliphatic rings. The molecule has 2 N–H and O–H groups in total. The predicted molar refractivity (Wildman–Crippen MR) is 121 cm³/mol. The molecule has 2 fully saturated rings. The van der Waals surface area contributed by atoms with E-state index in [1.54, 1.807) is 0 Å². The van der Waals surface area contributed by atoms with E-state index in [-0.39, 0.29) is 0 Å². The second-order valence-electron chi connectivity index (χ2n) is 9.05. The number of rotatable bonds is 8. The monoisotopic (exact) mass is 419 g/mol. The molecule has 1 saturated heterocycles. The molecule has 0 amide bonds. The van der Waals surface area contributed by atoms with Crippen LogP contribution in [0.1, 0.15) is 70.4 Å². The van der Waals surface area contributed by atoms with Crippen molar-refractivity contribution in [3.05, 3.63) is 11.6 Å². The van der Waals surface area contributed by atoms with Crippen LogP contribution < -0.4 is 10.6 Å². The molecule has 170 valence electrons. The van der Waals surface area contributed by atoms with Gasteiger partial charge in [-0.15, -0.1) is 10.2 Å². The van der Waals surface area contributed by atoms with Crippen LogP contribution in [0.5, 0.6) is 0 Å². The van der Waals surface area contributed by atoms with Crippen molar-refractivity contribution in [2.24, 2.45) is 12.0 Å². The molecule has 0 spiro atoms. The third kappa shape index (κ3) is 7.23. The van der Waals surface area contributed by atoms with Crippen LogP contribution in [0.4, 0.5) is 0 Å². The predicted octanol–water partition coefficient (Wildman–Crippen LogP) is 2.38. The molecule has 8 nitrogen and oxygen atoms in total. The normalized spacial score (nSPS) is 20.1. The first-order valence-electron chi connectivity index (χ1n) is 11.8. The number of piperidine rings is 1. The molecule has 0 radical (unpaired) electrons. The van der Waals surface area contributed by atoms with Gasteiger partial charge < -0.3 is 24.8 Å². The number of hydrogen-bond acceptors (Lipinski definition) is 5. The van der Waals surface area contributed by atoms with Crippen molar-refractivity contribution in [2.45, 2.75) is 90.4 Å². The zero-order chi connectivity index (χ0) is 21.3. The minimum Gasteiger partial charge on any atom is -0.377 e. The number of likely N-dealkylation sites (tertiary alicyclic amines) is 1. The van der Waals surface area contributed by atoms with Crippen LogP contribution >= 0.6 is 0 Å². The molecule has 1 saturated carbocycles. The van der Waals surface area contributed by atoms with E-state index in [1.165, 1.54) is 32.1 Å². The van der Waals surface area contributed by atoms with Gasteiger partial charge in [0.15, 0.2) is 11.8 Å². The summed E-state index contributed by atoms with van der Waals surface area (Å²) in [5.41, 5.74) is 0. The molecule has 0 bridgehead atoms. The molecular weight excluding hydrogens is 378 g/mol. The van der Waals surface area contributed by atoms with E-state index >= 15 is 0 Å². The number of aromatic nitrogens is 3. The first-order valence-corrected chi connectivity index (χ1v) is 11.8. The highest BCUT2D eigenvalue weighted by molar-refractivity contribution is 5.80. The van der Waals surface area contributed by atoms with Crippen molar-refractivity contribution in [1.82, 2.24) is 30.3 Å². The van der Waals surface area contributed by atoms with Crippen molar-refractivity contribution in [1.29, 1.82) is 0 Å². The van der Waals surface area contributed by atoms with Gasteiger partial charge in [-0.1, -0.05) is 19.3 Å². The van der Waals surface area contributed by atoms with E-state index in [4.69, 9.17) is 9.73 Å². The Morgan fingerprint density at radius 3 is 2.33 bits per heavy atom. The summed E-state index contributed by atoms with van der Waals surface area (Å²) < 4.78 is 7.72. The van der Waals surface area contributed by atoms with Gasteiger partial charge in [-0.05, 0) is 46.5 Å². The molecule has 1 aromatic heterocycles. The standard InChI is InChI=1S/C22H41N7O/c1-17(2)30-15-14-29-12-10-20(11-13-29)25-22(24-19-8-6-5-7-9-19)23-16-21-27-26-18(3)28(21)4/h17,19-20H,5-16H2,1-4H3,(H2,23,24,25). The van der Waals surface area contributed by atoms with E-state index in [1.807, 2.05) is 18.5 Å². The first-order chi connectivity index (χ1) is 14.5. The van der Waals surface area contributed by atoms with Gasteiger partial charge in [0.1, 0.15) is 12.4 Å². The second kappa shape index (κ2) is 11.6. The highest BCUT2D eigenvalue weighted by Gasteiger charge is 2.22. The Morgan fingerprint density at radius 2 is 1.73 bits per heavy atom. The van der Waals surface area contributed by atoms with Gasteiger partial charge in [-0.25, -0.2) is 4.99 Å². The van der Waals surface area contributed by atoms with Crippen molar-refractivity contribution >= 4 is 5.96 Å². The zero-order valence-electron chi connectivity index (χ0n) is 19.4. The van der Waals surface area contributed by atoms with Crippen LogP contribution in [-0.4, -0.2) is 70.1 Å². The molecule has 30 heavy (non-hydrogen) atoms.